The van der Waals surface area contributed by atoms with Crippen molar-refractivity contribution < 1.29 is 5.11 Å². The van der Waals surface area contributed by atoms with Crippen LogP contribution in [0.5, 0.6) is 0 Å². The topological polar surface area (TPSA) is 26.7 Å². The van der Waals surface area contributed by atoms with Gasteiger partial charge in [-0.05, 0) is 32.4 Å². The first-order chi connectivity index (χ1) is 8.26. The van der Waals surface area contributed by atoms with Crippen molar-refractivity contribution in [2.75, 3.05) is 26.2 Å². The van der Waals surface area contributed by atoms with Crippen LogP contribution in [0.4, 0.5) is 0 Å². The average molecular weight is 240 g/mol. The molecule has 0 spiro atoms. The van der Waals surface area contributed by atoms with Gasteiger partial charge in [0.1, 0.15) is 0 Å². The molecule has 1 saturated carbocycles. The molecule has 1 aliphatic heterocycles. The summed E-state index contributed by atoms with van der Waals surface area (Å²) in [6.07, 6.45) is 5.94. The molecule has 3 nitrogen and oxygen atoms in total. The van der Waals surface area contributed by atoms with Gasteiger partial charge in [-0.2, -0.15) is 0 Å². The Hall–Kier alpha value is -0.120. The molecule has 1 N–H and O–H groups in total. The van der Waals surface area contributed by atoms with Crippen molar-refractivity contribution >= 4 is 0 Å². The summed E-state index contributed by atoms with van der Waals surface area (Å²) in [4.78, 5) is 5.11. The lowest BCUT2D eigenvalue weighted by Crippen LogP contribution is -2.46. The van der Waals surface area contributed by atoms with Crippen molar-refractivity contribution in [3.05, 3.63) is 0 Å². The number of aliphatic hydroxyl groups is 1. The number of hydrogen-bond acceptors (Lipinski definition) is 3. The Balaban J connectivity index is 1.88. The van der Waals surface area contributed by atoms with Gasteiger partial charge >= 0.3 is 0 Å². The fourth-order valence-electron chi connectivity index (χ4n) is 3.63. The Kier molecular flexibility index (Phi) is 4.83. The molecule has 0 radical (unpaired) electrons. The molecule has 2 rings (SSSR count). The van der Waals surface area contributed by atoms with Crippen LogP contribution in [0.15, 0.2) is 0 Å². The van der Waals surface area contributed by atoms with Gasteiger partial charge in [0, 0.05) is 25.2 Å². The van der Waals surface area contributed by atoms with Crippen molar-refractivity contribution in [2.45, 2.75) is 64.1 Å². The van der Waals surface area contributed by atoms with Crippen LogP contribution >= 0.6 is 0 Å². The molecule has 17 heavy (non-hydrogen) atoms. The van der Waals surface area contributed by atoms with Gasteiger partial charge in [-0.3, -0.25) is 9.80 Å². The number of hydrogen-bond donors (Lipinski definition) is 1. The third kappa shape index (κ3) is 3.01. The van der Waals surface area contributed by atoms with Gasteiger partial charge in [0.15, 0.2) is 0 Å². The zero-order valence-electron chi connectivity index (χ0n) is 11.4. The summed E-state index contributed by atoms with van der Waals surface area (Å²) < 4.78 is 0. The van der Waals surface area contributed by atoms with Crippen LogP contribution in [0.1, 0.15) is 46.0 Å². The van der Waals surface area contributed by atoms with Gasteiger partial charge in [0.25, 0.3) is 0 Å². The lowest BCUT2D eigenvalue weighted by molar-refractivity contribution is 0.0276. The van der Waals surface area contributed by atoms with Crippen molar-refractivity contribution in [1.29, 1.82) is 0 Å². The lowest BCUT2D eigenvalue weighted by Gasteiger charge is -2.36. The van der Waals surface area contributed by atoms with E-state index in [1.807, 2.05) is 0 Å². The lowest BCUT2D eigenvalue weighted by atomic mass is 9.91. The second-order valence-corrected chi connectivity index (χ2v) is 5.58. The van der Waals surface area contributed by atoms with E-state index in [2.05, 4.69) is 23.6 Å². The van der Waals surface area contributed by atoms with Crippen molar-refractivity contribution in [2.24, 2.45) is 0 Å². The second kappa shape index (κ2) is 6.17. The molecule has 100 valence electrons. The predicted molar refractivity (Wildman–Crippen MR) is 71.2 cm³/mol. The van der Waals surface area contributed by atoms with Gasteiger partial charge in [-0.25, -0.2) is 0 Å². The monoisotopic (exact) mass is 240 g/mol. The molecule has 1 unspecified atom stereocenters. The van der Waals surface area contributed by atoms with E-state index in [1.54, 1.807) is 0 Å². The molecule has 0 bridgehead atoms. The molecule has 1 heterocycles. The van der Waals surface area contributed by atoms with E-state index < -0.39 is 0 Å². The molecular weight excluding hydrogens is 212 g/mol. The first-order valence-corrected chi connectivity index (χ1v) is 7.42. The maximum absolute atomic E-state index is 10.1. The standard InChI is InChI=1S/C14H28N2O/c1-3-15(4-2)12-9-10-16(11-12)13-7-5-6-8-14(13)17/h12-14,17H,3-11H2,1-2H3/t12?,13-,14-/m1/s1. The third-order valence-electron chi connectivity index (χ3n) is 4.69. The molecule has 3 atom stereocenters. The van der Waals surface area contributed by atoms with Crippen LogP contribution in [0.3, 0.4) is 0 Å². The van der Waals surface area contributed by atoms with Gasteiger partial charge in [-0.1, -0.05) is 26.7 Å². The SMILES string of the molecule is CCN(CC)C1CCN([C@@H]2CCCC[C@H]2O)C1. The summed E-state index contributed by atoms with van der Waals surface area (Å²) in [7, 11) is 0. The number of likely N-dealkylation sites (tertiary alicyclic amines) is 1. The van der Waals surface area contributed by atoms with Gasteiger partial charge < -0.3 is 5.11 Å². The summed E-state index contributed by atoms with van der Waals surface area (Å²) in [6.45, 7) is 9.17. The molecule has 3 heteroatoms. The highest BCUT2D eigenvalue weighted by molar-refractivity contribution is 4.90. The van der Waals surface area contributed by atoms with E-state index >= 15 is 0 Å². The fraction of sp³-hybridized carbons (Fsp3) is 1.00. The van der Waals surface area contributed by atoms with Crippen LogP contribution in [-0.4, -0.2) is 59.3 Å². The van der Waals surface area contributed by atoms with Crippen LogP contribution < -0.4 is 0 Å². The Bertz CT molecular complexity index is 230. The van der Waals surface area contributed by atoms with Crippen LogP contribution in [0.25, 0.3) is 0 Å². The second-order valence-electron chi connectivity index (χ2n) is 5.58. The maximum atomic E-state index is 10.1. The quantitative estimate of drug-likeness (QED) is 0.810. The zero-order valence-corrected chi connectivity index (χ0v) is 11.4. The van der Waals surface area contributed by atoms with Gasteiger partial charge in [-0.15, -0.1) is 0 Å². The molecule has 0 amide bonds. The molecule has 1 saturated heterocycles. The average Bonchev–Trinajstić information content (AvgIpc) is 2.81. The smallest absolute Gasteiger partial charge is 0.0695 e. The number of likely N-dealkylation sites (N-methyl/N-ethyl adjacent to an activating group) is 1. The molecule has 1 aliphatic carbocycles. The third-order valence-corrected chi connectivity index (χ3v) is 4.69. The number of aliphatic hydroxyl groups excluding tert-OH is 1. The van der Waals surface area contributed by atoms with E-state index in [0.717, 1.165) is 25.6 Å². The first kappa shape index (κ1) is 13.3. The first-order valence-electron chi connectivity index (χ1n) is 7.42. The summed E-state index contributed by atoms with van der Waals surface area (Å²) >= 11 is 0. The highest BCUT2D eigenvalue weighted by atomic mass is 16.3. The van der Waals surface area contributed by atoms with Crippen molar-refractivity contribution in [1.82, 2.24) is 9.80 Å². The number of nitrogens with zero attached hydrogens (tertiary/aromatic N) is 2. The van der Waals surface area contributed by atoms with E-state index in [-0.39, 0.29) is 6.10 Å². The molecule has 0 aromatic carbocycles. The van der Waals surface area contributed by atoms with Crippen molar-refractivity contribution in [3.8, 4) is 0 Å². The van der Waals surface area contributed by atoms with Crippen LogP contribution in [-0.2, 0) is 0 Å². The van der Waals surface area contributed by atoms with E-state index in [4.69, 9.17) is 0 Å². The Morgan fingerprint density at radius 2 is 1.82 bits per heavy atom. The van der Waals surface area contributed by atoms with E-state index in [1.165, 1.54) is 38.8 Å². The molecule has 2 fully saturated rings. The Morgan fingerprint density at radius 3 is 2.47 bits per heavy atom. The summed E-state index contributed by atoms with van der Waals surface area (Å²) in [5.41, 5.74) is 0. The van der Waals surface area contributed by atoms with Crippen molar-refractivity contribution in [3.63, 3.8) is 0 Å². The summed E-state index contributed by atoms with van der Waals surface area (Å²) in [5, 5.41) is 10.1. The largest absolute Gasteiger partial charge is 0.391 e. The Morgan fingerprint density at radius 1 is 1.12 bits per heavy atom. The van der Waals surface area contributed by atoms with E-state index in [9.17, 15) is 5.11 Å². The summed E-state index contributed by atoms with van der Waals surface area (Å²) in [5.74, 6) is 0. The van der Waals surface area contributed by atoms with Gasteiger partial charge in [0.2, 0.25) is 0 Å². The highest BCUT2D eigenvalue weighted by Crippen LogP contribution is 2.27. The maximum Gasteiger partial charge on any atom is 0.0695 e. The van der Waals surface area contributed by atoms with Gasteiger partial charge in [0.05, 0.1) is 6.10 Å². The van der Waals surface area contributed by atoms with E-state index in [0.29, 0.717) is 6.04 Å². The number of rotatable bonds is 4. The minimum absolute atomic E-state index is 0.0702. The Labute approximate surface area is 106 Å². The highest BCUT2D eigenvalue weighted by Gasteiger charge is 2.34. The molecule has 0 aromatic rings. The molecule has 0 aromatic heterocycles. The minimum Gasteiger partial charge on any atom is -0.391 e. The minimum atomic E-state index is -0.0702. The predicted octanol–water partition coefficient (Wildman–Crippen LogP) is 1.71. The van der Waals surface area contributed by atoms with Crippen LogP contribution in [0, 0.1) is 0 Å². The zero-order chi connectivity index (χ0) is 12.3. The fourth-order valence-corrected chi connectivity index (χ4v) is 3.63. The normalized spacial score (nSPS) is 35.6. The van der Waals surface area contributed by atoms with Crippen LogP contribution in [0.2, 0.25) is 0 Å². The molecule has 2 aliphatic rings. The molecular formula is C14H28N2O. The summed E-state index contributed by atoms with van der Waals surface area (Å²) in [6, 6.07) is 1.17.